The molecule has 3 rings (SSSR count). The molecule has 0 radical (unpaired) electrons. The molecule has 0 saturated carbocycles. The third-order valence-electron chi connectivity index (χ3n) is 3.27. The van der Waals surface area contributed by atoms with Crippen molar-refractivity contribution in [2.75, 3.05) is 11.9 Å². The summed E-state index contributed by atoms with van der Waals surface area (Å²) in [4.78, 5) is 13.0. The van der Waals surface area contributed by atoms with E-state index in [0.717, 1.165) is 30.0 Å². The van der Waals surface area contributed by atoms with Gasteiger partial charge in [-0.15, -0.1) is 12.4 Å². The van der Waals surface area contributed by atoms with Gasteiger partial charge < -0.3 is 10.6 Å². The zero-order chi connectivity index (χ0) is 12.9. The summed E-state index contributed by atoms with van der Waals surface area (Å²) in [5.41, 5.74) is 2.15. The molecule has 5 nitrogen and oxygen atoms in total. The summed E-state index contributed by atoms with van der Waals surface area (Å²) in [5.74, 6) is 0.815. The van der Waals surface area contributed by atoms with Gasteiger partial charge >= 0.3 is 0 Å². The van der Waals surface area contributed by atoms with E-state index in [0.29, 0.717) is 12.6 Å². The molecule has 1 saturated heterocycles. The summed E-state index contributed by atoms with van der Waals surface area (Å²) in [5, 5.41) is 6.72. The molecule has 1 unspecified atom stereocenters. The zero-order valence-corrected chi connectivity index (χ0v) is 11.9. The summed E-state index contributed by atoms with van der Waals surface area (Å²) in [6.45, 7) is 1.78. The average Bonchev–Trinajstić information content (AvgIpc) is 3.01. The summed E-state index contributed by atoms with van der Waals surface area (Å²) in [6.07, 6.45) is 9.58. The van der Waals surface area contributed by atoms with E-state index in [1.807, 2.05) is 24.5 Å². The predicted molar refractivity (Wildman–Crippen MR) is 80.8 cm³/mol. The highest BCUT2D eigenvalue weighted by Crippen LogP contribution is 2.21. The van der Waals surface area contributed by atoms with Crippen molar-refractivity contribution in [3.63, 3.8) is 0 Å². The number of nitrogens with zero attached hydrogens (tertiary/aromatic N) is 3. The van der Waals surface area contributed by atoms with E-state index in [4.69, 9.17) is 0 Å². The highest BCUT2D eigenvalue weighted by molar-refractivity contribution is 5.85. The molecule has 106 valence electrons. The Balaban J connectivity index is 0.00000147. The van der Waals surface area contributed by atoms with Crippen LogP contribution >= 0.6 is 12.4 Å². The summed E-state index contributed by atoms with van der Waals surface area (Å²) in [7, 11) is 0. The Morgan fingerprint density at radius 1 is 1.25 bits per heavy atom. The van der Waals surface area contributed by atoms with E-state index in [9.17, 15) is 0 Å². The van der Waals surface area contributed by atoms with Crippen molar-refractivity contribution in [2.45, 2.75) is 25.4 Å². The zero-order valence-electron chi connectivity index (χ0n) is 11.1. The van der Waals surface area contributed by atoms with Gasteiger partial charge in [-0.3, -0.25) is 9.97 Å². The first-order valence-corrected chi connectivity index (χ1v) is 6.60. The second-order valence-electron chi connectivity index (χ2n) is 4.69. The number of pyridine rings is 1. The normalized spacial score (nSPS) is 17.5. The van der Waals surface area contributed by atoms with Crippen molar-refractivity contribution >= 4 is 18.2 Å². The van der Waals surface area contributed by atoms with Crippen LogP contribution in [0.1, 0.15) is 30.1 Å². The maximum Gasteiger partial charge on any atom is 0.145 e. The van der Waals surface area contributed by atoms with Crippen LogP contribution in [0.2, 0.25) is 0 Å². The first-order chi connectivity index (χ1) is 9.42. The van der Waals surface area contributed by atoms with Crippen LogP contribution in [0, 0.1) is 0 Å². The van der Waals surface area contributed by atoms with Crippen molar-refractivity contribution in [1.82, 2.24) is 20.3 Å². The van der Waals surface area contributed by atoms with Gasteiger partial charge in [-0.2, -0.15) is 0 Å². The van der Waals surface area contributed by atoms with Crippen molar-refractivity contribution in [1.29, 1.82) is 0 Å². The minimum Gasteiger partial charge on any atom is -0.365 e. The van der Waals surface area contributed by atoms with Crippen LogP contribution in [-0.4, -0.2) is 21.5 Å². The largest absolute Gasteiger partial charge is 0.365 e. The van der Waals surface area contributed by atoms with Crippen LogP contribution in [0.3, 0.4) is 0 Å². The molecule has 0 aromatic carbocycles. The number of nitrogens with one attached hydrogen (secondary N) is 2. The van der Waals surface area contributed by atoms with Crippen molar-refractivity contribution in [2.24, 2.45) is 0 Å². The van der Waals surface area contributed by atoms with Crippen LogP contribution in [0.4, 0.5) is 5.82 Å². The van der Waals surface area contributed by atoms with Crippen molar-refractivity contribution < 1.29 is 0 Å². The van der Waals surface area contributed by atoms with E-state index >= 15 is 0 Å². The molecule has 0 bridgehead atoms. The standard InChI is InChI=1S/C14H17N5.ClH/c1-3-11(7-15-5-1)8-18-14-10-16-9-13(19-14)12-4-2-6-17-12;/h1,3,5,7,9-10,12,17H,2,4,6,8H2,(H,18,19);1H. The maximum atomic E-state index is 4.61. The molecular formula is C14H18ClN5. The molecule has 1 atom stereocenters. The third kappa shape index (κ3) is 3.65. The van der Waals surface area contributed by atoms with Gasteiger partial charge in [-0.1, -0.05) is 6.07 Å². The van der Waals surface area contributed by atoms with Gasteiger partial charge in [0.05, 0.1) is 24.1 Å². The molecule has 1 aliphatic rings. The van der Waals surface area contributed by atoms with Gasteiger partial charge in [0.2, 0.25) is 0 Å². The smallest absolute Gasteiger partial charge is 0.145 e. The fourth-order valence-electron chi connectivity index (χ4n) is 2.27. The first kappa shape index (κ1) is 14.7. The average molecular weight is 292 g/mol. The highest BCUT2D eigenvalue weighted by Gasteiger charge is 2.17. The Kier molecular flexibility index (Phi) is 5.26. The Morgan fingerprint density at radius 3 is 2.95 bits per heavy atom. The Hall–Kier alpha value is -1.72. The van der Waals surface area contributed by atoms with E-state index in [1.165, 1.54) is 6.42 Å². The lowest BCUT2D eigenvalue weighted by Gasteiger charge is -2.11. The van der Waals surface area contributed by atoms with Gasteiger partial charge in [-0.05, 0) is 31.0 Å². The lowest BCUT2D eigenvalue weighted by atomic mass is 10.2. The van der Waals surface area contributed by atoms with Gasteiger partial charge in [0.15, 0.2) is 0 Å². The number of hydrogen-bond acceptors (Lipinski definition) is 5. The Bertz CT molecular complexity index is 528. The first-order valence-electron chi connectivity index (χ1n) is 6.60. The van der Waals surface area contributed by atoms with E-state index in [-0.39, 0.29) is 12.4 Å². The topological polar surface area (TPSA) is 62.7 Å². The van der Waals surface area contributed by atoms with Crippen LogP contribution in [0.5, 0.6) is 0 Å². The van der Waals surface area contributed by atoms with Gasteiger partial charge in [0, 0.05) is 18.9 Å². The third-order valence-corrected chi connectivity index (χ3v) is 3.27. The van der Waals surface area contributed by atoms with E-state index < -0.39 is 0 Å². The van der Waals surface area contributed by atoms with Crippen LogP contribution < -0.4 is 10.6 Å². The summed E-state index contributed by atoms with van der Waals surface area (Å²) < 4.78 is 0. The fraction of sp³-hybridized carbons (Fsp3) is 0.357. The minimum atomic E-state index is 0. The van der Waals surface area contributed by atoms with Gasteiger partial charge in [0.1, 0.15) is 5.82 Å². The Morgan fingerprint density at radius 2 is 2.20 bits per heavy atom. The second-order valence-corrected chi connectivity index (χ2v) is 4.69. The molecule has 0 aliphatic carbocycles. The molecule has 1 fully saturated rings. The fourth-order valence-corrected chi connectivity index (χ4v) is 2.27. The van der Waals surface area contributed by atoms with Crippen LogP contribution in [-0.2, 0) is 6.54 Å². The number of anilines is 1. The van der Waals surface area contributed by atoms with E-state index in [1.54, 1.807) is 12.4 Å². The van der Waals surface area contributed by atoms with Gasteiger partial charge in [0.25, 0.3) is 0 Å². The van der Waals surface area contributed by atoms with Crippen LogP contribution in [0.15, 0.2) is 36.9 Å². The molecule has 2 aromatic heterocycles. The quantitative estimate of drug-likeness (QED) is 0.905. The molecule has 2 N–H and O–H groups in total. The second kappa shape index (κ2) is 7.17. The SMILES string of the molecule is Cl.c1cncc(CNc2cncc(C3CCCN3)n2)c1. The van der Waals surface area contributed by atoms with Gasteiger partial charge in [-0.25, -0.2) is 4.98 Å². The number of hydrogen-bond donors (Lipinski definition) is 2. The molecule has 2 aromatic rings. The monoisotopic (exact) mass is 291 g/mol. The lowest BCUT2D eigenvalue weighted by Crippen LogP contribution is -2.15. The number of rotatable bonds is 4. The number of halogens is 1. The molecule has 20 heavy (non-hydrogen) atoms. The molecule has 1 aliphatic heterocycles. The van der Waals surface area contributed by atoms with Crippen molar-refractivity contribution in [3.8, 4) is 0 Å². The molecule has 6 heteroatoms. The summed E-state index contributed by atoms with van der Waals surface area (Å²) >= 11 is 0. The summed E-state index contributed by atoms with van der Waals surface area (Å²) in [6, 6.07) is 4.32. The highest BCUT2D eigenvalue weighted by atomic mass is 35.5. The van der Waals surface area contributed by atoms with E-state index in [2.05, 4.69) is 25.6 Å². The minimum absolute atomic E-state index is 0. The number of aromatic nitrogens is 3. The Labute approximate surface area is 124 Å². The maximum absolute atomic E-state index is 4.61. The molecule has 0 amide bonds. The lowest BCUT2D eigenvalue weighted by molar-refractivity contribution is 0.625. The predicted octanol–water partition coefficient (Wildman–Crippen LogP) is 2.33. The molecule has 3 heterocycles. The van der Waals surface area contributed by atoms with Crippen molar-refractivity contribution in [3.05, 3.63) is 48.2 Å². The molecule has 0 spiro atoms. The molecular weight excluding hydrogens is 274 g/mol. The van der Waals surface area contributed by atoms with Crippen LogP contribution in [0.25, 0.3) is 0 Å².